The highest BCUT2D eigenvalue weighted by atomic mass is 35.5. The van der Waals surface area contributed by atoms with Crippen molar-refractivity contribution in [2.75, 3.05) is 7.05 Å². The molecule has 0 bridgehead atoms. The topological polar surface area (TPSA) is 45.2 Å². The van der Waals surface area contributed by atoms with E-state index in [-0.39, 0.29) is 11.9 Å². The van der Waals surface area contributed by atoms with Gasteiger partial charge in [0.25, 0.3) is 5.91 Å². The zero-order valence-corrected chi connectivity index (χ0v) is 20.8. The van der Waals surface area contributed by atoms with E-state index in [0.29, 0.717) is 22.5 Å². The van der Waals surface area contributed by atoms with Crippen LogP contribution in [0.4, 0.5) is 0 Å². The van der Waals surface area contributed by atoms with Crippen molar-refractivity contribution in [2.45, 2.75) is 44.3 Å². The number of carbonyl (C=O) groups is 1. The second kappa shape index (κ2) is 10.3. The van der Waals surface area contributed by atoms with Crippen molar-refractivity contribution in [1.29, 1.82) is 0 Å². The largest absolute Gasteiger partial charge is 0.331 e. The first-order valence-electron chi connectivity index (χ1n) is 11.8. The Kier molecular flexibility index (Phi) is 6.95. The molecule has 0 saturated heterocycles. The van der Waals surface area contributed by atoms with Crippen molar-refractivity contribution in [1.82, 2.24) is 15.2 Å². The molecule has 6 heteroatoms. The standard InChI is InChI=1S/C28H28ClN3OS/c1-30-22-11-13-23(14-12-22)32(28(33)27-26(29)24-9-2-3-10-25(24)34-27)18-19-6-4-7-20(16-19)21-8-5-15-31-17-21/h2-10,15-17,22-23,30H,11-14,18H2,1H3. The van der Waals surface area contributed by atoms with E-state index in [1.165, 1.54) is 11.3 Å². The molecule has 174 valence electrons. The highest BCUT2D eigenvalue weighted by Gasteiger charge is 2.31. The summed E-state index contributed by atoms with van der Waals surface area (Å²) in [6.45, 7) is 0.562. The van der Waals surface area contributed by atoms with Gasteiger partial charge in [0.1, 0.15) is 4.88 Å². The van der Waals surface area contributed by atoms with E-state index in [2.05, 4.69) is 45.5 Å². The molecule has 2 aromatic carbocycles. The molecule has 1 saturated carbocycles. The fourth-order valence-corrected chi connectivity index (χ4v) is 6.37. The van der Waals surface area contributed by atoms with Crippen molar-refractivity contribution < 1.29 is 4.79 Å². The monoisotopic (exact) mass is 489 g/mol. The van der Waals surface area contributed by atoms with Crippen molar-refractivity contribution in [2.24, 2.45) is 0 Å². The minimum absolute atomic E-state index is 0.0332. The van der Waals surface area contributed by atoms with Gasteiger partial charge in [-0.1, -0.05) is 54.1 Å². The van der Waals surface area contributed by atoms with Crippen molar-refractivity contribution in [3.8, 4) is 11.1 Å². The van der Waals surface area contributed by atoms with Gasteiger partial charge in [-0.3, -0.25) is 9.78 Å². The smallest absolute Gasteiger partial charge is 0.266 e. The number of hydrogen-bond acceptors (Lipinski definition) is 4. The van der Waals surface area contributed by atoms with Crippen LogP contribution >= 0.6 is 22.9 Å². The van der Waals surface area contributed by atoms with Gasteiger partial charge >= 0.3 is 0 Å². The molecule has 5 rings (SSSR count). The predicted molar refractivity (Wildman–Crippen MR) is 141 cm³/mol. The molecule has 0 aliphatic heterocycles. The number of amides is 1. The molecule has 1 N–H and O–H groups in total. The third-order valence-electron chi connectivity index (χ3n) is 6.81. The lowest BCUT2D eigenvalue weighted by Crippen LogP contribution is -2.44. The molecule has 1 aliphatic rings. The third-order valence-corrected chi connectivity index (χ3v) is 8.47. The second-order valence-electron chi connectivity index (χ2n) is 8.91. The number of nitrogens with one attached hydrogen (secondary N) is 1. The maximum Gasteiger partial charge on any atom is 0.266 e. The van der Waals surface area contributed by atoms with Gasteiger partial charge in [-0.05, 0) is 67.6 Å². The zero-order chi connectivity index (χ0) is 23.5. The number of nitrogens with zero attached hydrogens (tertiary/aromatic N) is 2. The van der Waals surface area contributed by atoms with E-state index in [1.54, 1.807) is 6.20 Å². The zero-order valence-electron chi connectivity index (χ0n) is 19.2. The molecule has 4 nitrogen and oxygen atoms in total. The number of carbonyl (C=O) groups excluding carboxylic acids is 1. The summed E-state index contributed by atoms with van der Waals surface area (Å²) in [7, 11) is 2.02. The van der Waals surface area contributed by atoms with E-state index in [1.807, 2.05) is 43.6 Å². The van der Waals surface area contributed by atoms with Crippen LogP contribution in [-0.4, -0.2) is 34.9 Å². The number of rotatable bonds is 6. The van der Waals surface area contributed by atoms with Crippen LogP contribution in [0.1, 0.15) is 40.9 Å². The summed E-state index contributed by atoms with van der Waals surface area (Å²) in [5.41, 5.74) is 3.30. The van der Waals surface area contributed by atoms with Crippen LogP contribution in [0.15, 0.2) is 73.1 Å². The lowest BCUT2D eigenvalue weighted by atomic mass is 9.89. The van der Waals surface area contributed by atoms with E-state index in [4.69, 9.17) is 11.6 Å². The predicted octanol–water partition coefficient (Wildman–Crippen LogP) is 6.79. The average molecular weight is 490 g/mol. The van der Waals surface area contributed by atoms with Gasteiger partial charge in [-0.25, -0.2) is 0 Å². The highest BCUT2D eigenvalue weighted by molar-refractivity contribution is 7.21. The van der Waals surface area contributed by atoms with Gasteiger partial charge in [0.2, 0.25) is 0 Å². The summed E-state index contributed by atoms with van der Waals surface area (Å²) in [6.07, 6.45) is 7.77. The van der Waals surface area contributed by atoms with Crippen molar-refractivity contribution in [3.63, 3.8) is 0 Å². The van der Waals surface area contributed by atoms with Gasteiger partial charge in [0.15, 0.2) is 0 Å². The summed E-state index contributed by atoms with van der Waals surface area (Å²) < 4.78 is 1.05. The summed E-state index contributed by atoms with van der Waals surface area (Å²) in [5.74, 6) is 0.0332. The molecule has 1 aliphatic carbocycles. The Morgan fingerprint density at radius 1 is 1.06 bits per heavy atom. The van der Waals surface area contributed by atoms with Crippen LogP contribution in [0.2, 0.25) is 5.02 Å². The van der Waals surface area contributed by atoms with Crippen LogP contribution in [0.25, 0.3) is 21.2 Å². The van der Waals surface area contributed by atoms with E-state index >= 15 is 0 Å². The lowest BCUT2D eigenvalue weighted by Gasteiger charge is -2.37. The summed E-state index contributed by atoms with van der Waals surface area (Å²) >= 11 is 8.23. The number of halogens is 1. The Morgan fingerprint density at radius 2 is 1.85 bits per heavy atom. The molecular formula is C28H28ClN3OS. The number of pyridine rings is 1. The van der Waals surface area contributed by atoms with Gasteiger partial charge in [-0.15, -0.1) is 11.3 Å². The molecule has 0 radical (unpaired) electrons. The Bertz CT molecular complexity index is 1280. The number of hydrogen-bond donors (Lipinski definition) is 1. The number of benzene rings is 2. The maximum absolute atomic E-state index is 14.0. The first-order valence-corrected chi connectivity index (χ1v) is 13.0. The Labute approximate surface area is 209 Å². The Morgan fingerprint density at radius 3 is 2.59 bits per heavy atom. The fraction of sp³-hybridized carbons (Fsp3) is 0.286. The first kappa shape index (κ1) is 23.0. The van der Waals surface area contributed by atoms with E-state index < -0.39 is 0 Å². The summed E-state index contributed by atoms with van der Waals surface area (Å²) in [4.78, 5) is 20.9. The first-order chi connectivity index (χ1) is 16.6. The summed E-state index contributed by atoms with van der Waals surface area (Å²) in [5, 5.41) is 4.92. The maximum atomic E-state index is 14.0. The highest BCUT2D eigenvalue weighted by Crippen LogP contribution is 2.37. The SMILES string of the molecule is CNC1CCC(N(Cc2cccc(-c3cccnc3)c2)C(=O)c2sc3ccccc3c2Cl)CC1. The van der Waals surface area contributed by atoms with Crippen molar-refractivity contribution >= 4 is 38.9 Å². The fourth-order valence-electron chi connectivity index (χ4n) is 4.90. The lowest BCUT2D eigenvalue weighted by molar-refractivity contribution is 0.0606. The molecular weight excluding hydrogens is 462 g/mol. The van der Waals surface area contributed by atoms with Gasteiger partial charge < -0.3 is 10.2 Å². The van der Waals surface area contributed by atoms with Crippen molar-refractivity contribution in [3.05, 3.63) is 88.5 Å². The molecule has 4 aromatic rings. The van der Waals surface area contributed by atoms with Gasteiger partial charge in [0.05, 0.1) is 5.02 Å². The normalized spacial score (nSPS) is 18.2. The number of aromatic nitrogens is 1. The average Bonchev–Trinajstić information content (AvgIpc) is 3.24. The minimum Gasteiger partial charge on any atom is -0.331 e. The quantitative estimate of drug-likeness (QED) is 0.324. The van der Waals surface area contributed by atoms with E-state index in [9.17, 15) is 4.79 Å². The van der Waals surface area contributed by atoms with Crippen LogP contribution in [-0.2, 0) is 6.54 Å². The van der Waals surface area contributed by atoms with Crippen LogP contribution in [0.5, 0.6) is 0 Å². The molecule has 0 unspecified atom stereocenters. The molecule has 0 spiro atoms. The minimum atomic E-state index is 0.0332. The van der Waals surface area contributed by atoms with Gasteiger partial charge in [-0.2, -0.15) is 0 Å². The molecule has 2 aromatic heterocycles. The third kappa shape index (κ3) is 4.74. The molecule has 1 amide bonds. The van der Waals surface area contributed by atoms with Gasteiger partial charge in [0, 0.05) is 41.1 Å². The number of thiophene rings is 1. The van der Waals surface area contributed by atoms with E-state index in [0.717, 1.165) is 52.5 Å². The molecule has 2 heterocycles. The Balaban J connectivity index is 1.47. The van der Waals surface area contributed by atoms with Crippen LogP contribution < -0.4 is 5.32 Å². The Hall–Kier alpha value is -2.73. The number of fused-ring (bicyclic) bond motifs is 1. The molecule has 1 fully saturated rings. The molecule has 34 heavy (non-hydrogen) atoms. The van der Waals surface area contributed by atoms with Crippen LogP contribution in [0, 0.1) is 0 Å². The summed E-state index contributed by atoms with van der Waals surface area (Å²) in [6, 6.07) is 21.1. The molecule has 0 atom stereocenters. The van der Waals surface area contributed by atoms with Crippen LogP contribution in [0.3, 0.4) is 0 Å². The second-order valence-corrected chi connectivity index (χ2v) is 10.3.